The molecule has 0 bridgehead atoms. The monoisotopic (exact) mass is 858 g/mol. The van der Waals surface area contributed by atoms with Gasteiger partial charge in [0.25, 0.3) is 0 Å². The van der Waals surface area contributed by atoms with Gasteiger partial charge in [-0.2, -0.15) is 0 Å². The second-order valence-electron chi connectivity index (χ2n) is 17.0. The molecule has 0 heterocycles. The minimum atomic E-state index is -4.38. The third-order valence-corrected chi connectivity index (χ3v) is 12.1. The van der Waals surface area contributed by atoms with E-state index >= 15 is 0 Å². The first-order chi connectivity index (χ1) is 28.8. The highest BCUT2D eigenvalue weighted by Gasteiger charge is 2.26. The third-order valence-electron chi connectivity index (χ3n) is 11.2. The Labute approximate surface area is 364 Å². The van der Waals surface area contributed by atoms with Gasteiger partial charge >= 0.3 is 19.8 Å². The Bertz CT molecular complexity index is 980. The molecule has 2 atom stereocenters. The number of esters is 2. The number of rotatable bonds is 48. The summed E-state index contributed by atoms with van der Waals surface area (Å²) in [6.45, 7) is 3.78. The molecule has 0 saturated heterocycles. The first kappa shape index (κ1) is 57.8. The first-order valence-corrected chi connectivity index (χ1v) is 26.7. The fourth-order valence-corrected chi connectivity index (χ4v) is 8.16. The van der Waals surface area contributed by atoms with Gasteiger partial charge in [-0.05, 0) is 38.5 Å². The number of unbranched alkanes of at least 4 members (excludes halogenated alkanes) is 33. The molecule has 0 aliphatic heterocycles. The molecule has 3 N–H and O–H groups in total. The summed E-state index contributed by atoms with van der Waals surface area (Å²) in [4.78, 5) is 35.0. The van der Waals surface area contributed by atoms with Gasteiger partial charge in [0, 0.05) is 19.4 Å². The van der Waals surface area contributed by atoms with Gasteiger partial charge in [-0.1, -0.05) is 219 Å². The number of phosphoric ester groups is 1. The number of phosphoric acid groups is 1. The number of nitrogens with two attached hydrogens (primary N) is 1. The van der Waals surface area contributed by atoms with Crippen LogP contribution in [0.15, 0.2) is 12.2 Å². The molecule has 0 aromatic heterocycles. The molecule has 9 nitrogen and oxygen atoms in total. The number of allylic oxidation sites excluding steroid dienone is 2. The molecule has 59 heavy (non-hydrogen) atoms. The average Bonchev–Trinajstić information content (AvgIpc) is 3.22. The second-order valence-corrected chi connectivity index (χ2v) is 18.5. The van der Waals surface area contributed by atoms with E-state index in [9.17, 15) is 19.0 Å². The van der Waals surface area contributed by atoms with Crippen molar-refractivity contribution in [3.8, 4) is 0 Å². The summed E-state index contributed by atoms with van der Waals surface area (Å²) in [6, 6.07) is 0. The Morgan fingerprint density at radius 1 is 0.492 bits per heavy atom. The smallest absolute Gasteiger partial charge is 0.462 e. The minimum Gasteiger partial charge on any atom is -0.462 e. The normalized spacial score (nSPS) is 13.2. The average molecular weight is 858 g/mol. The molecule has 0 aliphatic carbocycles. The maximum Gasteiger partial charge on any atom is 0.472 e. The van der Waals surface area contributed by atoms with Gasteiger partial charge < -0.3 is 20.1 Å². The van der Waals surface area contributed by atoms with Crippen LogP contribution in [0.5, 0.6) is 0 Å². The van der Waals surface area contributed by atoms with Crippen LogP contribution >= 0.6 is 7.82 Å². The molecule has 10 heteroatoms. The zero-order valence-electron chi connectivity index (χ0n) is 38.8. The van der Waals surface area contributed by atoms with E-state index in [0.29, 0.717) is 6.42 Å². The molecular formula is C49H96NO8P. The van der Waals surface area contributed by atoms with Gasteiger partial charge in [-0.3, -0.25) is 18.6 Å². The molecule has 0 amide bonds. The highest BCUT2D eigenvalue weighted by Crippen LogP contribution is 2.43. The van der Waals surface area contributed by atoms with E-state index < -0.39 is 26.5 Å². The molecule has 0 fully saturated rings. The van der Waals surface area contributed by atoms with Gasteiger partial charge in [0.1, 0.15) is 6.61 Å². The zero-order valence-corrected chi connectivity index (χ0v) is 39.7. The summed E-state index contributed by atoms with van der Waals surface area (Å²) < 4.78 is 32.9. The Morgan fingerprint density at radius 2 is 0.831 bits per heavy atom. The van der Waals surface area contributed by atoms with Gasteiger partial charge in [-0.25, -0.2) is 4.57 Å². The van der Waals surface area contributed by atoms with Crippen LogP contribution in [-0.2, 0) is 32.7 Å². The molecule has 0 saturated carbocycles. The predicted octanol–water partition coefficient (Wildman–Crippen LogP) is 15.0. The molecule has 0 aromatic rings. The lowest BCUT2D eigenvalue weighted by Gasteiger charge is -2.19. The second kappa shape index (κ2) is 46.3. The largest absolute Gasteiger partial charge is 0.472 e. The predicted molar refractivity (Wildman–Crippen MR) is 248 cm³/mol. The maximum absolute atomic E-state index is 12.6. The Morgan fingerprint density at radius 3 is 1.20 bits per heavy atom. The number of hydrogen-bond acceptors (Lipinski definition) is 8. The lowest BCUT2D eigenvalue weighted by molar-refractivity contribution is -0.161. The van der Waals surface area contributed by atoms with Crippen LogP contribution in [0.4, 0.5) is 0 Å². The molecule has 0 aromatic carbocycles. The number of carbonyl (C=O) groups is 2. The van der Waals surface area contributed by atoms with Crippen LogP contribution in [0, 0.1) is 0 Å². The SMILES string of the molecule is CCCCCCCCC=CCCCCCCCCCCCCCC(=O)OC(COC(=O)CCCCCCCCCCCCCCCCCCC)COP(=O)(O)OCCN. The van der Waals surface area contributed by atoms with Gasteiger partial charge in [0.2, 0.25) is 0 Å². The molecule has 0 rings (SSSR count). The van der Waals surface area contributed by atoms with E-state index in [1.54, 1.807) is 0 Å². The highest BCUT2D eigenvalue weighted by atomic mass is 31.2. The van der Waals surface area contributed by atoms with Crippen LogP contribution < -0.4 is 5.73 Å². The fraction of sp³-hybridized carbons (Fsp3) is 0.918. The van der Waals surface area contributed by atoms with Crippen molar-refractivity contribution in [3.05, 3.63) is 12.2 Å². The number of carbonyl (C=O) groups excluding carboxylic acids is 2. The topological polar surface area (TPSA) is 134 Å². The summed E-state index contributed by atoms with van der Waals surface area (Å²) in [5, 5.41) is 0. The molecule has 2 unspecified atom stereocenters. The van der Waals surface area contributed by atoms with E-state index in [0.717, 1.165) is 32.1 Å². The summed E-state index contributed by atoms with van der Waals surface area (Å²) in [6.07, 6.45) is 49.6. The summed E-state index contributed by atoms with van der Waals surface area (Å²) >= 11 is 0. The van der Waals surface area contributed by atoms with Crippen molar-refractivity contribution >= 4 is 19.8 Å². The number of hydrogen-bond donors (Lipinski definition) is 2. The van der Waals surface area contributed by atoms with Crippen LogP contribution in [0.2, 0.25) is 0 Å². The van der Waals surface area contributed by atoms with E-state index in [2.05, 4.69) is 26.0 Å². The quantitative estimate of drug-likeness (QED) is 0.0265. The van der Waals surface area contributed by atoms with E-state index in [1.807, 2.05) is 0 Å². The van der Waals surface area contributed by atoms with Gasteiger partial charge in [0.05, 0.1) is 13.2 Å². The molecular weight excluding hydrogens is 762 g/mol. The van der Waals surface area contributed by atoms with E-state index in [-0.39, 0.29) is 38.6 Å². The van der Waals surface area contributed by atoms with Crippen molar-refractivity contribution in [3.63, 3.8) is 0 Å². The van der Waals surface area contributed by atoms with Crippen molar-refractivity contribution in [1.82, 2.24) is 0 Å². The lowest BCUT2D eigenvalue weighted by atomic mass is 10.0. The van der Waals surface area contributed by atoms with Crippen molar-refractivity contribution in [1.29, 1.82) is 0 Å². The van der Waals surface area contributed by atoms with Gasteiger partial charge in [0.15, 0.2) is 6.10 Å². The summed E-state index contributed by atoms with van der Waals surface area (Å²) in [5.74, 6) is -0.813. The summed E-state index contributed by atoms with van der Waals surface area (Å²) in [7, 11) is -4.38. The summed E-state index contributed by atoms with van der Waals surface area (Å²) in [5.41, 5.74) is 5.36. The first-order valence-electron chi connectivity index (χ1n) is 25.2. The van der Waals surface area contributed by atoms with Crippen molar-refractivity contribution in [2.75, 3.05) is 26.4 Å². The van der Waals surface area contributed by atoms with E-state index in [1.165, 1.54) is 193 Å². The van der Waals surface area contributed by atoms with Crippen LogP contribution in [0.1, 0.15) is 258 Å². The van der Waals surface area contributed by atoms with Crippen LogP contribution in [0.25, 0.3) is 0 Å². The van der Waals surface area contributed by atoms with E-state index in [4.69, 9.17) is 24.3 Å². The maximum atomic E-state index is 12.6. The molecule has 0 radical (unpaired) electrons. The Kier molecular flexibility index (Phi) is 45.3. The fourth-order valence-electron chi connectivity index (χ4n) is 7.40. The Balaban J connectivity index is 4.02. The third kappa shape index (κ3) is 46.1. The van der Waals surface area contributed by atoms with Crippen molar-refractivity contribution < 1.29 is 37.6 Å². The minimum absolute atomic E-state index is 0.0566. The molecule has 0 spiro atoms. The van der Waals surface area contributed by atoms with Crippen LogP contribution in [-0.4, -0.2) is 49.3 Å². The molecule has 350 valence electrons. The Hall–Kier alpha value is -1.25. The van der Waals surface area contributed by atoms with Crippen molar-refractivity contribution in [2.45, 2.75) is 264 Å². The molecule has 0 aliphatic rings. The van der Waals surface area contributed by atoms with Crippen LogP contribution in [0.3, 0.4) is 0 Å². The number of ether oxygens (including phenoxy) is 2. The highest BCUT2D eigenvalue weighted by molar-refractivity contribution is 7.47. The lowest BCUT2D eigenvalue weighted by Crippen LogP contribution is -2.29. The van der Waals surface area contributed by atoms with Crippen molar-refractivity contribution in [2.24, 2.45) is 5.73 Å². The van der Waals surface area contributed by atoms with Gasteiger partial charge in [-0.15, -0.1) is 0 Å². The zero-order chi connectivity index (χ0) is 43.2. The standard InChI is InChI=1S/C49H96NO8P/c1-3-5-7-9-11-13-15-17-19-21-22-23-24-26-28-30-32-34-36-38-40-42-49(52)58-47(46-57-59(53,54)56-44-43-50)45-55-48(51)41-39-37-35-33-31-29-27-25-20-18-16-14-12-10-8-6-4-2/h17,19,47H,3-16,18,20-46,50H2,1-2H3,(H,53,54).